The molecule has 0 spiro atoms. The minimum absolute atomic E-state index is 0. The fraction of sp³-hybridized carbons (Fsp3) is 0.385. The van der Waals surface area contributed by atoms with Crippen molar-refractivity contribution in [3.05, 3.63) is 46.7 Å². The van der Waals surface area contributed by atoms with E-state index in [1.54, 1.807) is 0 Å². The Bertz CT molecular complexity index is 412. The van der Waals surface area contributed by atoms with Crippen molar-refractivity contribution in [1.82, 2.24) is 10.2 Å². The van der Waals surface area contributed by atoms with E-state index >= 15 is 0 Å². The molecule has 1 saturated heterocycles. The van der Waals surface area contributed by atoms with Crippen LogP contribution in [-0.4, -0.2) is 31.1 Å². The second-order valence-corrected chi connectivity index (χ2v) is 4.99. The van der Waals surface area contributed by atoms with Crippen molar-refractivity contribution < 1.29 is 4.39 Å². The molecule has 0 aliphatic carbocycles. The first-order valence-electron chi connectivity index (χ1n) is 5.74. The van der Waals surface area contributed by atoms with Crippen LogP contribution in [0.1, 0.15) is 11.6 Å². The lowest BCUT2D eigenvalue weighted by molar-refractivity contribution is 0.203. The molecule has 1 heterocycles. The van der Waals surface area contributed by atoms with Crippen LogP contribution >= 0.6 is 40.7 Å². The van der Waals surface area contributed by atoms with Crippen LogP contribution in [0.5, 0.6) is 0 Å². The van der Waals surface area contributed by atoms with Crippen molar-refractivity contribution >= 4 is 40.7 Å². The SMILES string of the molecule is C=C[C@H](c1ccc(F)cc1Br)N1CCNCC1.Cl.Cl. The molecule has 1 N–H and O–H groups in total. The summed E-state index contributed by atoms with van der Waals surface area (Å²) in [5, 5.41) is 3.32. The van der Waals surface area contributed by atoms with Gasteiger partial charge in [-0.2, -0.15) is 0 Å². The molecule has 0 amide bonds. The van der Waals surface area contributed by atoms with Crippen LogP contribution in [0.25, 0.3) is 0 Å². The summed E-state index contributed by atoms with van der Waals surface area (Å²) in [5.74, 6) is -0.219. The third-order valence-electron chi connectivity index (χ3n) is 3.05. The van der Waals surface area contributed by atoms with Gasteiger partial charge in [0.05, 0.1) is 6.04 Å². The number of rotatable bonds is 3. The Kier molecular flexibility index (Phi) is 8.86. The fourth-order valence-corrected chi connectivity index (χ4v) is 2.76. The van der Waals surface area contributed by atoms with Crippen molar-refractivity contribution in [2.75, 3.05) is 26.2 Å². The number of nitrogens with zero attached hydrogens (tertiary/aromatic N) is 1. The molecule has 1 aromatic rings. The Morgan fingerprint density at radius 2 is 1.95 bits per heavy atom. The molecule has 1 aliphatic rings. The van der Waals surface area contributed by atoms with Gasteiger partial charge in [0.25, 0.3) is 0 Å². The monoisotopic (exact) mass is 370 g/mol. The predicted molar refractivity (Wildman–Crippen MR) is 86.0 cm³/mol. The third-order valence-corrected chi connectivity index (χ3v) is 3.74. The lowest BCUT2D eigenvalue weighted by Crippen LogP contribution is -2.44. The quantitative estimate of drug-likeness (QED) is 0.817. The molecule has 19 heavy (non-hydrogen) atoms. The maximum absolute atomic E-state index is 13.1. The summed E-state index contributed by atoms with van der Waals surface area (Å²) < 4.78 is 13.9. The molecule has 2 nitrogen and oxygen atoms in total. The van der Waals surface area contributed by atoms with Crippen LogP contribution in [0, 0.1) is 5.82 Å². The van der Waals surface area contributed by atoms with E-state index in [1.807, 2.05) is 12.1 Å². The molecule has 0 aromatic heterocycles. The molecule has 1 atom stereocenters. The van der Waals surface area contributed by atoms with Gasteiger partial charge >= 0.3 is 0 Å². The molecule has 108 valence electrons. The second kappa shape index (κ2) is 8.93. The minimum Gasteiger partial charge on any atom is -0.314 e. The van der Waals surface area contributed by atoms with Gasteiger partial charge in [0.1, 0.15) is 5.82 Å². The molecule has 2 rings (SSSR count). The normalized spacial score (nSPS) is 16.9. The lowest BCUT2D eigenvalue weighted by atomic mass is 10.0. The number of nitrogens with one attached hydrogen (secondary N) is 1. The van der Waals surface area contributed by atoms with Crippen molar-refractivity contribution in [2.45, 2.75) is 6.04 Å². The first kappa shape index (κ1) is 18.9. The smallest absolute Gasteiger partial charge is 0.124 e. The van der Waals surface area contributed by atoms with Crippen LogP contribution in [0.3, 0.4) is 0 Å². The largest absolute Gasteiger partial charge is 0.314 e. The van der Waals surface area contributed by atoms with Gasteiger partial charge in [-0.25, -0.2) is 4.39 Å². The summed E-state index contributed by atoms with van der Waals surface area (Å²) in [6.45, 7) is 7.85. The van der Waals surface area contributed by atoms with Crippen molar-refractivity contribution in [3.8, 4) is 0 Å². The van der Waals surface area contributed by atoms with Crippen LogP contribution in [-0.2, 0) is 0 Å². The number of hydrogen-bond acceptors (Lipinski definition) is 2. The van der Waals surface area contributed by atoms with Gasteiger partial charge in [0.15, 0.2) is 0 Å². The van der Waals surface area contributed by atoms with Gasteiger partial charge in [-0.15, -0.1) is 31.4 Å². The molecule has 6 heteroatoms. The summed E-state index contributed by atoms with van der Waals surface area (Å²) in [6, 6.07) is 4.98. The maximum Gasteiger partial charge on any atom is 0.124 e. The second-order valence-electron chi connectivity index (χ2n) is 4.13. The molecule has 0 saturated carbocycles. The Morgan fingerprint density at radius 1 is 1.32 bits per heavy atom. The number of hydrogen-bond donors (Lipinski definition) is 1. The molecule has 0 radical (unpaired) electrons. The average Bonchev–Trinajstić information content (AvgIpc) is 2.34. The van der Waals surface area contributed by atoms with Crippen molar-refractivity contribution in [2.24, 2.45) is 0 Å². The van der Waals surface area contributed by atoms with Crippen LogP contribution in [0.2, 0.25) is 0 Å². The average molecular weight is 372 g/mol. The lowest BCUT2D eigenvalue weighted by Gasteiger charge is -2.33. The van der Waals surface area contributed by atoms with E-state index in [9.17, 15) is 4.39 Å². The van der Waals surface area contributed by atoms with Crippen molar-refractivity contribution in [3.63, 3.8) is 0 Å². The van der Waals surface area contributed by atoms with Gasteiger partial charge in [0, 0.05) is 30.7 Å². The van der Waals surface area contributed by atoms with E-state index < -0.39 is 0 Å². The summed E-state index contributed by atoms with van der Waals surface area (Å²) in [6.07, 6.45) is 1.92. The van der Waals surface area contributed by atoms with E-state index in [1.165, 1.54) is 12.1 Å². The Balaban J connectivity index is 0.00000162. The van der Waals surface area contributed by atoms with Crippen LogP contribution in [0.15, 0.2) is 35.3 Å². The van der Waals surface area contributed by atoms with Gasteiger partial charge in [0.2, 0.25) is 0 Å². The highest BCUT2D eigenvalue weighted by atomic mass is 79.9. The highest BCUT2D eigenvalue weighted by molar-refractivity contribution is 9.10. The molecule has 1 aliphatic heterocycles. The summed E-state index contributed by atoms with van der Waals surface area (Å²) in [7, 11) is 0. The molecular weight excluding hydrogens is 354 g/mol. The van der Waals surface area contributed by atoms with E-state index in [-0.39, 0.29) is 36.7 Å². The van der Waals surface area contributed by atoms with Gasteiger partial charge in [-0.05, 0) is 17.7 Å². The molecule has 0 bridgehead atoms. The first-order chi connectivity index (χ1) is 8.22. The highest BCUT2D eigenvalue weighted by Crippen LogP contribution is 2.29. The van der Waals surface area contributed by atoms with Gasteiger partial charge in [-0.1, -0.05) is 28.1 Å². The van der Waals surface area contributed by atoms with E-state index in [0.717, 1.165) is 36.2 Å². The Labute approximate surface area is 134 Å². The number of piperazine rings is 1. The van der Waals surface area contributed by atoms with Gasteiger partial charge in [-0.3, -0.25) is 4.90 Å². The minimum atomic E-state index is -0.219. The summed E-state index contributed by atoms with van der Waals surface area (Å²) in [4.78, 5) is 2.35. The van der Waals surface area contributed by atoms with Crippen molar-refractivity contribution in [1.29, 1.82) is 0 Å². The molecule has 0 unspecified atom stereocenters. The Morgan fingerprint density at radius 3 is 2.47 bits per heavy atom. The van der Waals surface area contributed by atoms with Gasteiger partial charge < -0.3 is 5.32 Å². The summed E-state index contributed by atoms with van der Waals surface area (Å²) >= 11 is 3.43. The molecular formula is C13H18BrCl2FN2. The van der Waals surface area contributed by atoms with Crippen LogP contribution < -0.4 is 5.32 Å². The zero-order valence-electron chi connectivity index (χ0n) is 10.4. The zero-order chi connectivity index (χ0) is 12.3. The molecule has 1 fully saturated rings. The first-order valence-corrected chi connectivity index (χ1v) is 6.54. The standard InChI is InChI=1S/C13H16BrFN2.2ClH/c1-2-13(17-7-5-16-6-8-17)11-4-3-10(15)9-12(11)14;;/h2-4,9,13,16H,1,5-8H2;2*1H/t13-;;/m1../s1. The Hall–Kier alpha value is -0.130. The van der Waals surface area contributed by atoms with E-state index in [4.69, 9.17) is 0 Å². The van der Waals surface area contributed by atoms with E-state index in [2.05, 4.69) is 32.7 Å². The predicted octanol–water partition coefficient (Wildman–Crippen LogP) is 3.56. The fourth-order valence-electron chi connectivity index (χ4n) is 2.17. The highest BCUT2D eigenvalue weighted by Gasteiger charge is 2.21. The molecule has 1 aromatic carbocycles. The summed E-state index contributed by atoms with van der Waals surface area (Å²) in [5.41, 5.74) is 1.07. The maximum atomic E-state index is 13.1. The van der Waals surface area contributed by atoms with Crippen LogP contribution in [0.4, 0.5) is 4.39 Å². The van der Waals surface area contributed by atoms with E-state index in [0.29, 0.717) is 0 Å². The third kappa shape index (κ3) is 4.72. The topological polar surface area (TPSA) is 15.3 Å². The number of halogens is 4. The zero-order valence-corrected chi connectivity index (χ0v) is 13.7. The number of benzene rings is 1.